The van der Waals surface area contributed by atoms with Gasteiger partial charge in [0.2, 0.25) is 5.69 Å². The number of rotatable bonds is 4. The van der Waals surface area contributed by atoms with Gasteiger partial charge in [0.25, 0.3) is 0 Å². The minimum absolute atomic E-state index is 0. The highest BCUT2D eigenvalue weighted by molar-refractivity contribution is 5.78. The third-order valence-electron chi connectivity index (χ3n) is 6.91. The molecule has 0 amide bonds. The second-order valence-corrected chi connectivity index (χ2v) is 9.43. The van der Waals surface area contributed by atoms with Crippen LogP contribution in [0.2, 0.25) is 0 Å². The molecule has 0 saturated heterocycles. The van der Waals surface area contributed by atoms with Crippen molar-refractivity contribution in [2.45, 2.75) is 45.3 Å². The number of anilines is 1. The molecule has 1 unspecified atom stereocenters. The zero-order valence-corrected chi connectivity index (χ0v) is 20.5. The second kappa shape index (κ2) is 9.07. The molecule has 2 heterocycles. The molecular weight excluding hydrogens is 428 g/mol. The summed E-state index contributed by atoms with van der Waals surface area (Å²) in [6, 6.07) is 26.0. The standard InChI is InChI=1S/C29H31N2O.ClH/c1-21-18-23-12-8-9-13-26(23)31(21)17-16-28-29(2,3)25-19-24(14-15-27(25)30(28)4)32-20-22-10-6-5-7-11-22;/h5-17,19,21H,18,20H2,1-4H3;1H/q+1;/p-1. The summed E-state index contributed by atoms with van der Waals surface area (Å²) in [4.78, 5) is 2.32. The molecule has 0 saturated carbocycles. The maximum absolute atomic E-state index is 6.12. The first-order valence-electron chi connectivity index (χ1n) is 11.4. The van der Waals surface area contributed by atoms with Crippen LogP contribution in [0.3, 0.4) is 0 Å². The maximum atomic E-state index is 6.12. The summed E-state index contributed by atoms with van der Waals surface area (Å²) < 4.78 is 8.53. The van der Waals surface area contributed by atoms with Crippen molar-refractivity contribution in [3.63, 3.8) is 0 Å². The lowest BCUT2D eigenvalue weighted by molar-refractivity contribution is -0.463. The summed E-state index contributed by atoms with van der Waals surface area (Å²) >= 11 is 0. The van der Waals surface area contributed by atoms with E-state index in [0.717, 1.165) is 12.2 Å². The van der Waals surface area contributed by atoms with Crippen molar-refractivity contribution in [1.29, 1.82) is 0 Å². The number of likely N-dealkylation sites (N-methyl/N-ethyl adjacent to an activating group) is 1. The monoisotopic (exact) mass is 458 g/mol. The summed E-state index contributed by atoms with van der Waals surface area (Å²) in [6.45, 7) is 7.48. The minimum Gasteiger partial charge on any atom is -1.00 e. The number of ether oxygens (including phenoxy) is 1. The molecule has 0 bridgehead atoms. The normalized spacial score (nSPS) is 20.5. The summed E-state index contributed by atoms with van der Waals surface area (Å²) in [6.07, 6.45) is 5.66. The van der Waals surface area contributed by atoms with Gasteiger partial charge in [-0.2, -0.15) is 4.58 Å². The lowest BCUT2D eigenvalue weighted by Crippen LogP contribution is -3.00. The Labute approximate surface area is 203 Å². The van der Waals surface area contributed by atoms with Crippen molar-refractivity contribution in [3.05, 3.63) is 101 Å². The Kier molecular flexibility index (Phi) is 6.36. The first kappa shape index (κ1) is 23.1. The van der Waals surface area contributed by atoms with Gasteiger partial charge in [-0.1, -0.05) is 62.4 Å². The highest BCUT2D eigenvalue weighted by Gasteiger charge is 2.39. The zero-order valence-electron chi connectivity index (χ0n) is 19.8. The minimum atomic E-state index is -0.102. The molecule has 0 N–H and O–H groups in total. The predicted molar refractivity (Wildman–Crippen MR) is 132 cm³/mol. The summed E-state index contributed by atoms with van der Waals surface area (Å²) in [5, 5.41) is 0. The van der Waals surface area contributed by atoms with E-state index in [9.17, 15) is 0 Å². The molecule has 2 aliphatic rings. The van der Waals surface area contributed by atoms with E-state index in [2.05, 4.69) is 104 Å². The number of nitrogens with zero attached hydrogens (tertiary/aromatic N) is 2. The number of hydrogen-bond donors (Lipinski definition) is 0. The van der Waals surface area contributed by atoms with Gasteiger partial charge in [0.1, 0.15) is 12.4 Å². The van der Waals surface area contributed by atoms with Gasteiger partial charge in [0.15, 0.2) is 12.3 Å². The molecule has 0 spiro atoms. The van der Waals surface area contributed by atoms with Crippen LogP contribution in [0.25, 0.3) is 0 Å². The highest BCUT2D eigenvalue weighted by Crippen LogP contribution is 2.48. The predicted octanol–water partition coefficient (Wildman–Crippen LogP) is 3.24. The van der Waals surface area contributed by atoms with Gasteiger partial charge in [-0.3, -0.25) is 0 Å². The van der Waals surface area contributed by atoms with E-state index < -0.39 is 0 Å². The number of halogens is 1. The third kappa shape index (κ3) is 4.18. The van der Waals surface area contributed by atoms with Crippen molar-refractivity contribution in [2.24, 2.45) is 0 Å². The first-order valence-corrected chi connectivity index (χ1v) is 11.4. The largest absolute Gasteiger partial charge is 1.00 e. The van der Waals surface area contributed by atoms with Crippen LogP contribution in [0.15, 0.2) is 84.6 Å². The lowest BCUT2D eigenvalue weighted by atomic mass is 9.83. The molecular formula is C29H31ClN2O. The first-order chi connectivity index (χ1) is 15.4. The van der Waals surface area contributed by atoms with E-state index in [-0.39, 0.29) is 17.8 Å². The molecule has 0 fully saturated rings. The van der Waals surface area contributed by atoms with Gasteiger partial charge < -0.3 is 22.0 Å². The summed E-state index contributed by atoms with van der Waals surface area (Å²) in [5.41, 5.74) is 7.68. The van der Waals surface area contributed by atoms with Gasteiger partial charge >= 0.3 is 0 Å². The van der Waals surface area contributed by atoms with Gasteiger partial charge in [-0.05, 0) is 36.2 Å². The molecule has 0 radical (unpaired) electrons. The van der Waals surface area contributed by atoms with Gasteiger partial charge in [-0.15, -0.1) is 0 Å². The van der Waals surface area contributed by atoms with E-state index in [0.29, 0.717) is 12.6 Å². The number of hydrogen-bond acceptors (Lipinski definition) is 2. The van der Waals surface area contributed by atoms with Crippen molar-refractivity contribution in [3.8, 4) is 5.75 Å². The Bertz CT molecular complexity index is 1210. The molecule has 33 heavy (non-hydrogen) atoms. The van der Waals surface area contributed by atoms with E-state index in [1.54, 1.807) is 0 Å². The van der Waals surface area contributed by atoms with Gasteiger partial charge in [-0.25, -0.2) is 0 Å². The Morgan fingerprint density at radius 1 is 1.03 bits per heavy atom. The SMILES string of the molecule is CC1Cc2ccccc2[N+]1=CC=C1N(C)c2ccc(OCc3ccccc3)cc2C1(C)C.[Cl-]. The second-order valence-electron chi connectivity index (χ2n) is 9.43. The van der Waals surface area contributed by atoms with Crippen LogP contribution in [0.1, 0.15) is 37.5 Å². The molecule has 0 aliphatic carbocycles. The topological polar surface area (TPSA) is 15.5 Å². The Morgan fingerprint density at radius 3 is 2.55 bits per heavy atom. The third-order valence-corrected chi connectivity index (χ3v) is 6.91. The Hall–Kier alpha value is -3.04. The van der Waals surface area contributed by atoms with Crippen molar-refractivity contribution in [2.75, 3.05) is 11.9 Å². The summed E-state index contributed by atoms with van der Waals surface area (Å²) in [5.74, 6) is 0.918. The quantitative estimate of drug-likeness (QED) is 0.558. The maximum Gasteiger partial charge on any atom is 0.208 e. The Morgan fingerprint density at radius 2 is 1.76 bits per heavy atom. The highest BCUT2D eigenvalue weighted by atomic mass is 35.5. The molecule has 3 aromatic carbocycles. The average molecular weight is 459 g/mol. The molecule has 5 rings (SSSR count). The number of para-hydroxylation sites is 1. The molecule has 170 valence electrons. The van der Waals surface area contributed by atoms with Crippen LogP contribution < -0.4 is 22.0 Å². The van der Waals surface area contributed by atoms with Crippen molar-refractivity contribution >= 4 is 17.6 Å². The van der Waals surface area contributed by atoms with E-state index in [4.69, 9.17) is 4.74 Å². The van der Waals surface area contributed by atoms with Crippen LogP contribution in [-0.4, -0.2) is 23.9 Å². The average Bonchev–Trinajstić information content (AvgIpc) is 3.22. The molecule has 3 nitrogen and oxygen atoms in total. The van der Waals surface area contributed by atoms with E-state index in [1.807, 2.05) is 18.2 Å². The van der Waals surface area contributed by atoms with Crippen LogP contribution >= 0.6 is 0 Å². The summed E-state index contributed by atoms with van der Waals surface area (Å²) in [7, 11) is 2.17. The molecule has 4 heteroatoms. The number of fused-ring (bicyclic) bond motifs is 2. The fourth-order valence-corrected chi connectivity index (χ4v) is 5.11. The fourth-order valence-electron chi connectivity index (χ4n) is 5.11. The number of allylic oxidation sites excluding steroid dienone is 2. The van der Waals surface area contributed by atoms with Crippen LogP contribution in [0.5, 0.6) is 5.75 Å². The van der Waals surface area contributed by atoms with Crippen LogP contribution in [0, 0.1) is 0 Å². The van der Waals surface area contributed by atoms with Gasteiger partial charge in [0, 0.05) is 48.0 Å². The molecule has 1 atom stereocenters. The van der Waals surface area contributed by atoms with Crippen LogP contribution in [0.4, 0.5) is 11.4 Å². The van der Waals surface area contributed by atoms with Crippen LogP contribution in [-0.2, 0) is 18.4 Å². The fraction of sp³-hybridized carbons (Fsp3) is 0.276. The van der Waals surface area contributed by atoms with Crippen molar-refractivity contribution < 1.29 is 21.7 Å². The number of benzene rings is 3. The van der Waals surface area contributed by atoms with Crippen molar-refractivity contribution in [1.82, 2.24) is 0 Å². The smallest absolute Gasteiger partial charge is 0.208 e. The molecule has 0 aromatic heterocycles. The van der Waals surface area contributed by atoms with E-state index in [1.165, 1.54) is 33.8 Å². The molecule has 3 aromatic rings. The van der Waals surface area contributed by atoms with E-state index >= 15 is 0 Å². The zero-order chi connectivity index (χ0) is 22.3. The Balaban J connectivity index is 0.00000259. The lowest BCUT2D eigenvalue weighted by Gasteiger charge is -2.23. The molecule has 2 aliphatic heterocycles. The van der Waals surface area contributed by atoms with Gasteiger partial charge in [0.05, 0.1) is 0 Å².